The Hall–Kier alpha value is -1.73. The number of nitrogens with one attached hydrogen (secondary N) is 1. The maximum atomic E-state index is 5.44. The van der Waals surface area contributed by atoms with Crippen molar-refractivity contribution in [3.63, 3.8) is 0 Å². The predicted molar refractivity (Wildman–Crippen MR) is 73.1 cm³/mol. The van der Waals surface area contributed by atoms with Crippen LogP contribution in [0.2, 0.25) is 0 Å². The fourth-order valence-electron chi connectivity index (χ4n) is 2.39. The van der Waals surface area contributed by atoms with Crippen molar-refractivity contribution >= 4 is 0 Å². The van der Waals surface area contributed by atoms with Gasteiger partial charge in [-0.1, -0.05) is 5.21 Å². The molecule has 0 aromatic carbocycles. The van der Waals surface area contributed by atoms with E-state index in [1.165, 1.54) is 0 Å². The van der Waals surface area contributed by atoms with E-state index in [1.807, 2.05) is 24.0 Å². The lowest BCUT2D eigenvalue weighted by atomic mass is 10.2. The monoisotopic (exact) mass is 276 g/mol. The number of hydrogen-bond acceptors (Lipinski definition) is 5. The van der Waals surface area contributed by atoms with Crippen LogP contribution in [0, 0.1) is 6.92 Å². The normalized spacial score (nSPS) is 20.4. The average Bonchev–Trinajstić information content (AvgIpc) is 3.03. The molecule has 0 bridgehead atoms. The van der Waals surface area contributed by atoms with E-state index in [-0.39, 0.29) is 0 Å². The Morgan fingerprint density at radius 1 is 1.45 bits per heavy atom. The molecule has 1 aliphatic heterocycles. The molecule has 1 atom stereocenters. The standard InChI is InChI=1S/C13H20N6O/c1-10-5-14-16-13(10)8-19-7-12(15-17-19)6-18-3-4-20-9-11(18)2/h5,7,11H,3-4,6,8-9H2,1-2H3,(H,14,16)/t11-/m1/s1. The van der Waals surface area contributed by atoms with Crippen LogP contribution >= 0.6 is 0 Å². The summed E-state index contributed by atoms with van der Waals surface area (Å²) >= 11 is 0. The van der Waals surface area contributed by atoms with Crippen molar-refractivity contribution in [2.24, 2.45) is 0 Å². The van der Waals surface area contributed by atoms with Gasteiger partial charge in [0.15, 0.2) is 0 Å². The number of nitrogens with zero attached hydrogens (tertiary/aromatic N) is 5. The van der Waals surface area contributed by atoms with Crippen LogP contribution in [-0.2, 0) is 17.8 Å². The molecule has 0 spiro atoms. The molecule has 1 N–H and O–H groups in total. The van der Waals surface area contributed by atoms with Gasteiger partial charge in [0.2, 0.25) is 0 Å². The summed E-state index contributed by atoms with van der Waals surface area (Å²) in [5, 5.41) is 15.4. The van der Waals surface area contributed by atoms with Crippen molar-refractivity contribution in [3.05, 3.63) is 29.3 Å². The maximum absolute atomic E-state index is 5.44. The number of morpholine rings is 1. The van der Waals surface area contributed by atoms with Crippen molar-refractivity contribution in [2.45, 2.75) is 33.0 Å². The van der Waals surface area contributed by atoms with E-state index in [1.54, 1.807) is 0 Å². The number of H-pyrrole nitrogens is 1. The highest BCUT2D eigenvalue weighted by Crippen LogP contribution is 2.11. The minimum Gasteiger partial charge on any atom is -0.379 e. The molecule has 1 aliphatic rings. The lowest BCUT2D eigenvalue weighted by molar-refractivity contribution is -0.00492. The first-order chi connectivity index (χ1) is 9.72. The third kappa shape index (κ3) is 2.88. The summed E-state index contributed by atoms with van der Waals surface area (Å²) in [5.41, 5.74) is 3.21. The Kier molecular flexibility index (Phi) is 3.79. The molecule has 0 aliphatic carbocycles. The first-order valence-corrected chi connectivity index (χ1v) is 6.92. The fraction of sp³-hybridized carbons (Fsp3) is 0.615. The SMILES string of the molecule is Cc1cn[nH]c1Cn1cc(CN2CCOC[C@H]2C)nn1. The molecule has 7 heteroatoms. The van der Waals surface area contributed by atoms with Gasteiger partial charge < -0.3 is 4.74 Å². The second-order valence-electron chi connectivity index (χ2n) is 5.33. The summed E-state index contributed by atoms with van der Waals surface area (Å²) in [4.78, 5) is 2.37. The fourth-order valence-corrected chi connectivity index (χ4v) is 2.39. The summed E-state index contributed by atoms with van der Waals surface area (Å²) in [6.45, 7) is 8.26. The van der Waals surface area contributed by atoms with E-state index in [9.17, 15) is 0 Å². The van der Waals surface area contributed by atoms with Crippen LogP contribution in [0.3, 0.4) is 0 Å². The highest BCUT2D eigenvalue weighted by atomic mass is 16.5. The number of aryl methyl sites for hydroxylation is 1. The van der Waals surface area contributed by atoms with Gasteiger partial charge in [0.25, 0.3) is 0 Å². The molecule has 0 radical (unpaired) electrons. The molecule has 2 aromatic rings. The van der Waals surface area contributed by atoms with Gasteiger partial charge >= 0.3 is 0 Å². The minimum atomic E-state index is 0.434. The van der Waals surface area contributed by atoms with E-state index in [4.69, 9.17) is 4.74 Å². The summed E-state index contributed by atoms with van der Waals surface area (Å²) in [7, 11) is 0. The molecule has 0 saturated carbocycles. The van der Waals surface area contributed by atoms with Crippen molar-refractivity contribution in [1.29, 1.82) is 0 Å². The summed E-state index contributed by atoms with van der Waals surface area (Å²) in [6.07, 6.45) is 3.82. The lowest BCUT2D eigenvalue weighted by Gasteiger charge is -2.32. The molecular weight excluding hydrogens is 256 g/mol. The van der Waals surface area contributed by atoms with Gasteiger partial charge in [0.1, 0.15) is 0 Å². The Morgan fingerprint density at radius 3 is 3.10 bits per heavy atom. The Bertz CT molecular complexity index is 563. The van der Waals surface area contributed by atoms with E-state index >= 15 is 0 Å². The number of ether oxygens (including phenoxy) is 1. The molecule has 0 unspecified atom stereocenters. The van der Waals surface area contributed by atoms with Gasteiger partial charge in [-0.25, -0.2) is 4.68 Å². The number of hydrogen-bond donors (Lipinski definition) is 1. The molecule has 108 valence electrons. The molecule has 1 fully saturated rings. The van der Waals surface area contributed by atoms with Gasteiger partial charge in [-0.2, -0.15) is 5.10 Å². The zero-order valence-electron chi connectivity index (χ0n) is 11.9. The zero-order chi connectivity index (χ0) is 13.9. The second kappa shape index (κ2) is 5.72. The molecular formula is C13H20N6O. The average molecular weight is 276 g/mol. The summed E-state index contributed by atoms with van der Waals surface area (Å²) in [6, 6.07) is 0.434. The molecule has 1 saturated heterocycles. The summed E-state index contributed by atoms with van der Waals surface area (Å²) < 4.78 is 7.29. The highest BCUT2D eigenvalue weighted by Gasteiger charge is 2.19. The van der Waals surface area contributed by atoms with Crippen LogP contribution in [0.25, 0.3) is 0 Å². The second-order valence-corrected chi connectivity index (χ2v) is 5.33. The van der Waals surface area contributed by atoms with Crippen LogP contribution in [-0.4, -0.2) is 55.9 Å². The lowest BCUT2D eigenvalue weighted by Crippen LogP contribution is -2.42. The number of aromatic amines is 1. The number of aromatic nitrogens is 5. The Balaban J connectivity index is 1.63. The highest BCUT2D eigenvalue weighted by molar-refractivity contribution is 5.13. The van der Waals surface area contributed by atoms with Crippen LogP contribution in [0.1, 0.15) is 23.9 Å². The quantitative estimate of drug-likeness (QED) is 0.884. The van der Waals surface area contributed by atoms with Gasteiger partial charge in [-0.05, 0) is 19.4 Å². The van der Waals surface area contributed by atoms with Crippen LogP contribution in [0.5, 0.6) is 0 Å². The summed E-state index contributed by atoms with van der Waals surface area (Å²) in [5.74, 6) is 0. The third-order valence-electron chi connectivity index (χ3n) is 3.71. The van der Waals surface area contributed by atoms with Crippen molar-refractivity contribution < 1.29 is 4.74 Å². The zero-order valence-corrected chi connectivity index (χ0v) is 11.9. The largest absolute Gasteiger partial charge is 0.379 e. The Morgan fingerprint density at radius 2 is 2.35 bits per heavy atom. The smallest absolute Gasteiger partial charge is 0.0967 e. The molecule has 2 aromatic heterocycles. The van der Waals surface area contributed by atoms with Crippen LogP contribution in [0.4, 0.5) is 0 Å². The first kappa shape index (κ1) is 13.3. The van der Waals surface area contributed by atoms with Crippen LogP contribution < -0.4 is 0 Å². The van der Waals surface area contributed by atoms with Crippen molar-refractivity contribution in [1.82, 2.24) is 30.1 Å². The minimum absolute atomic E-state index is 0.434. The maximum Gasteiger partial charge on any atom is 0.0967 e. The van der Waals surface area contributed by atoms with Crippen LogP contribution in [0.15, 0.2) is 12.4 Å². The molecule has 3 rings (SSSR count). The molecule has 3 heterocycles. The van der Waals surface area contributed by atoms with E-state index in [0.29, 0.717) is 12.6 Å². The van der Waals surface area contributed by atoms with Crippen molar-refractivity contribution in [2.75, 3.05) is 19.8 Å². The molecule has 20 heavy (non-hydrogen) atoms. The number of rotatable bonds is 4. The van der Waals surface area contributed by atoms with Gasteiger partial charge in [0, 0.05) is 19.1 Å². The first-order valence-electron chi connectivity index (χ1n) is 6.92. The van der Waals surface area contributed by atoms with E-state index < -0.39 is 0 Å². The predicted octanol–water partition coefficient (Wildman–Crippen LogP) is 0.579. The Labute approximate surface area is 117 Å². The van der Waals surface area contributed by atoms with E-state index in [0.717, 1.165) is 43.3 Å². The van der Waals surface area contributed by atoms with E-state index in [2.05, 4.69) is 32.3 Å². The third-order valence-corrected chi connectivity index (χ3v) is 3.71. The van der Waals surface area contributed by atoms with Crippen molar-refractivity contribution in [3.8, 4) is 0 Å². The van der Waals surface area contributed by atoms with Gasteiger partial charge in [0.05, 0.1) is 43.5 Å². The van der Waals surface area contributed by atoms with Gasteiger partial charge in [-0.15, -0.1) is 5.10 Å². The topological polar surface area (TPSA) is 71.9 Å². The molecule has 0 amide bonds. The van der Waals surface area contributed by atoms with Gasteiger partial charge in [-0.3, -0.25) is 10.00 Å². The molecule has 7 nitrogen and oxygen atoms in total.